The Labute approximate surface area is 117 Å². The predicted molar refractivity (Wildman–Crippen MR) is 79.6 cm³/mol. The van der Waals surface area contributed by atoms with Crippen molar-refractivity contribution in [2.45, 2.75) is 39.7 Å². The second kappa shape index (κ2) is 5.04. The zero-order valence-corrected chi connectivity index (χ0v) is 13.0. The molecule has 0 saturated carbocycles. The average molecular weight is 310 g/mol. The van der Waals surface area contributed by atoms with E-state index in [2.05, 4.69) is 54.6 Å². The first-order valence-corrected chi connectivity index (χ1v) is 7.30. The van der Waals surface area contributed by atoms with Crippen LogP contribution >= 0.6 is 15.9 Å². The molecular formula is C15H20BrNO. The number of nitrogens with zero attached hydrogens (tertiary/aromatic N) is 1. The van der Waals surface area contributed by atoms with Crippen LogP contribution in [-0.4, -0.2) is 18.9 Å². The molecule has 0 saturated heterocycles. The Morgan fingerprint density at radius 2 is 2.00 bits per heavy atom. The molecule has 1 unspecified atom stereocenters. The van der Waals surface area contributed by atoms with Gasteiger partial charge < -0.3 is 4.90 Å². The molecule has 0 N–H and O–H groups in total. The van der Waals surface area contributed by atoms with Gasteiger partial charge >= 0.3 is 0 Å². The number of halogens is 1. The van der Waals surface area contributed by atoms with Crippen LogP contribution in [0.4, 0.5) is 5.69 Å². The summed E-state index contributed by atoms with van der Waals surface area (Å²) < 4.78 is 1.04. The standard InChI is InChI=1S/C15H20BrNO/c1-9(2)13-7-17(10(3)4)15-12(13)5-11(8-18)6-14(15)16/h5-6,8-10,13H,7H2,1-4H3. The molecule has 1 aromatic rings. The molecule has 1 aliphatic heterocycles. The molecule has 0 radical (unpaired) electrons. The topological polar surface area (TPSA) is 20.3 Å². The van der Waals surface area contributed by atoms with Gasteiger partial charge in [-0.1, -0.05) is 13.8 Å². The number of hydrogen-bond acceptors (Lipinski definition) is 2. The molecule has 0 fully saturated rings. The molecule has 1 atom stereocenters. The highest BCUT2D eigenvalue weighted by Gasteiger charge is 2.33. The van der Waals surface area contributed by atoms with Gasteiger partial charge in [0.2, 0.25) is 0 Å². The highest BCUT2D eigenvalue weighted by Crippen LogP contribution is 2.45. The van der Waals surface area contributed by atoms with Gasteiger partial charge in [0.15, 0.2) is 0 Å². The van der Waals surface area contributed by atoms with E-state index in [1.165, 1.54) is 11.3 Å². The van der Waals surface area contributed by atoms with E-state index >= 15 is 0 Å². The molecule has 2 rings (SSSR count). The van der Waals surface area contributed by atoms with Gasteiger partial charge in [-0.05, 0) is 53.4 Å². The van der Waals surface area contributed by atoms with Gasteiger partial charge in [-0.3, -0.25) is 4.79 Å². The van der Waals surface area contributed by atoms with Crippen LogP contribution in [0.2, 0.25) is 0 Å². The lowest BCUT2D eigenvalue weighted by atomic mass is 9.89. The van der Waals surface area contributed by atoms with Crippen LogP contribution in [0.3, 0.4) is 0 Å². The number of anilines is 1. The summed E-state index contributed by atoms with van der Waals surface area (Å²) in [5, 5.41) is 0. The van der Waals surface area contributed by atoms with Gasteiger partial charge in [0.1, 0.15) is 6.29 Å². The first-order chi connectivity index (χ1) is 8.45. The molecule has 0 amide bonds. The fourth-order valence-corrected chi connectivity index (χ4v) is 3.46. The summed E-state index contributed by atoms with van der Waals surface area (Å²) in [6.07, 6.45) is 0.931. The van der Waals surface area contributed by atoms with Crippen LogP contribution in [0.25, 0.3) is 0 Å². The van der Waals surface area contributed by atoms with Gasteiger partial charge in [-0.25, -0.2) is 0 Å². The number of aldehydes is 1. The number of benzene rings is 1. The van der Waals surface area contributed by atoms with Gasteiger partial charge in [0.05, 0.1) is 5.69 Å². The molecule has 2 nitrogen and oxygen atoms in total. The van der Waals surface area contributed by atoms with Crippen LogP contribution in [0, 0.1) is 5.92 Å². The molecular weight excluding hydrogens is 290 g/mol. The van der Waals surface area contributed by atoms with E-state index in [1.807, 2.05) is 6.07 Å². The van der Waals surface area contributed by atoms with Crippen LogP contribution in [0.1, 0.15) is 49.5 Å². The minimum absolute atomic E-state index is 0.478. The van der Waals surface area contributed by atoms with Crippen molar-refractivity contribution < 1.29 is 4.79 Å². The third kappa shape index (κ3) is 2.20. The van der Waals surface area contributed by atoms with E-state index in [0.717, 1.165) is 22.9 Å². The monoisotopic (exact) mass is 309 g/mol. The van der Waals surface area contributed by atoms with E-state index in [1.54, 1.807) is 0 Å². The lowest BCUT2D eigenvalue weighted by Crippen LogP contribution is -2.30. The predicted octanol–water partition coefficient (Wildman–Crippen LogP) is 4.23. The summed E-state index contributed by atoms with van der Waals surface area (Å²) in [6, 6.07) is 4.45. The first-order valence-electron chi connectivity index (χ1n) is 6.51. The summed E-state index contributed by atoms with van der Waals surface area (Å²) in [4.78, 5) is 13.4. The van der Waals surface area contributed by atoms with Crippen LogP contribution < -0.4 is 4.90 Å². The van der Waals surface area contributed by atoms with Gasteiger partial charge in [0, 0.05) is 28.5 Å². The second-order valence-corrected chi connectivity index (χ2v) is 6.51. The van der Waals surface area contributed by atoms with Crippen molar-refractivity contribution >= 4 is 27.9 Å². The molecule has 18 heavy (non-hydrogen) atoms. The smallest absolute Gasteiger partial charge is 0.150 e. The molecule has 1 aromatic carbocycles. The lowest BCUT2D eigenvalue weighted by Gasteiger charge is -2.26. The summed E-state index contributed by atoms with van der Waals surface area (Å²) in [5.74, 6) is 1.10. The molecule has 1 aliphatic rings. The number of fused-ring (bicyclic) bond motifs is 1. The molecule has 0 aromatic heterocycles. The summed E-state index contributed by atoms with van der Waals surface area (Å²) in [7, 11) is 0. The fraction of sp³-hybridized carbons (Fsp3) is 0.533. The van der Waals surface area contributed by atoms with Gasteiger partial charge in [0.25, 0.3) is 0 Å². The largest absolute Gasteiger partial charge is 0.367 e. The number of rotatable bonds is 3. The Kier molecular flexibility index (Phi) is 3.81. The quantitative estimate of drug-likeness (QED) is 0.779. The normalized spacial score (nSPS) is 18.6. The van der Waals surface area contributed by atoms with E-state index in [0.29, 0.717) is 17.9 Å². The van der Waals surface area contributed by atoms with Crippen molar-refractivity contribution in [3.8, 4) is 0 Å². The van der Waals surface area contributed by atoms with E-state index in [-0.39, 0.29) is 0 Å². The number of hydrogen-bond donors (Lipinski definition) is 0. The van der Waals surface area contributed by atoms with Crippen molar-refractivity contribution in [1.82, 2.24) is 0 Å². The van der Waals surface area contributed by atoms with E-state index in [4.69, 9.17) is 0 Å². The third-order valence-electron chi connectivity index (χ3n) is 3.76. The van der Waals surface area contributed by atoms with Crippen molar-refractivity contribution in [3.63, 3.8) is 0 Å². The van der Waals surface area contributed by atoms with E-state index in [9.17, 15) is 4.79 Å². The van der Waals surface area contributed by atoms with Crippen molar-refractivity contribution in [2.75, 3.05) is 11.4 Å². The van der Waals surface area contributed by atoms with Crippen LogP contribution in [-0.2, 0) is 0 Å². The molecule has 0 bridgehead atoms. The molecule has 98 valence electrons. The Morgan fingerprint density at radius 1 is 1.33 bits per heavy atom. The zero-order chi connectivity index (χ0) is 13.4. The third-order valence-corrected chi connectivity index (χ3v) is 4.36. The van der Waals surface area contributed by atoms with Crippen LogP contribution in [0.15, 0.2) is 16.6 Å². The number of carbonyl (C=O) groups excluding carboxylic acids is 1. The zero-order valence-electron chi connectivity index (χ0n) is 11.4. The molecule has 1 heterocycles. The van der Waals surface area contributed by atoms with Crippen molar-refractivity contribution in [2.24, 2.45) is 5.92 Å². The Bertz CT molecular complexity index is 468. The average Bonchev–Trinajstić information content (AvgIpc) is 2.68. The first kappa shape index (κ1) is 13.6. The molecule has 3 heteroatoms. The SMILES string of the molecule is CC(C)C1CN(C(C)C)c2c(Br)cc(C=O)cc21. The van der Waals surface area contributed by atoms with Gasteiger partial charge in [-0.15, -0.1) is 0 Å². The maximum atomic E-state index is 11.0. The summed E-state index contributed by atoms with van der Waals surface area (Å²) in [6.45, 7) is 9.98. The van der Waals surface area contributed by atoms with Gasteiger partial charge in [-0.2, -0.15) is 0 Å². The van der Waals surface area contributed by atoms with Crippen molar-refractivity contribution in [3.05, 3.63) is 27.7 Å². The minimum atomic E-state index is 0.478. The summed E-state index contributed by atoms with van der Waals surface area (Å²) in [5.41, 5.74) is 3.35. The fourth-order valence-electron chi connectivity index (χ4n) is 2.74. The maximum absolute atomic E-state index is 11.0. The lowest BCUT2D eigenvalue weighted by molar-refractivity contribution is 0.112. The highest BCUT2D eigenvalue weighted by atomic mass is 79.9. The molecule has 0 spiro atoms. The van der Waals surface area contributed by atoms with E-state index < -0.39 is 0 Å². The Balaban J connectivity index is 2.57. The highest BCUT2D eigenvalue weighted by molar-refractivity contribution is 9.10. The van der Waals surface area contributed by atoms with Crippen LogP contribution in [0.5, 0.6) is 0 Å². The minimum Gasteiger partial charge on any atom is -0.367 e. The van der Waals surface area contributed by atoms with Crippen molar-refractivity contribution in [1.29, 1.82) is 0 Å². The summed E-state index contributed by atoms with van der Waals surface area (Å²) >= 11 is 3.62. The maximum Gasteiger partial charge on any atom is 0.150 e. The molecule has 0 aliphatic carbocycles. The Hall–Kier alpha value is -0.830. The second-order valence-electron chi connectivity index (χ2n) is 5.66. The Morgan fingerprint density at radius 3 is 2.50 bits per heavy atom. The number of carbonyl (C=O) groups is 1.